The van der Waals surface area contributed by atoms with Gasteiger partial charge >= 0.3 is 0 Å². The normalized spacial score (nSPS) is 17.1. The fourth-order valence-corrected chi connectivity index (χ4v) is 1.98. The minimum atomic E-state index is -0.0252. The number of thiol groups is 1. The van der Waals surface area contributed by atoms with Crippen LogP contribution in [-0.2, 0) is 4.74 Å². The summed E-state index contributed by atoms with van der Waals surface area (Å²) in [5, 5.41) is 3.01. The minimum absolute atomic E-state index is 0.0252. The molecule has 1 amide bonds. The highest BCUT2D eigenvalue weighted by atomic mass is 32.1. The van der Waals surface area contributed by atoms with E-state index in [1.54, 1.807) is 12.1 Å². The average Bonchev–Trinajstić information content (AvgIpc) is 2.30. The van der Waals surface area contributed by atoms with Crippen LogP contribution >= 0.6 is 12.6 Å². The molecule has 1 fully saturated rings. The van der Waals surface area contributed by atoms with Crippen LogP contribution in [0, 0.1) is 0 Å². The Kier molecular flexibility index (Phi) is 3.85. The summed E-state index contributed by atoms with van der Waals surface area (Å²) in [4.78, 5) is 12.7. The van der Waals surface area contributed by atoms with Gasteiger partial charge in [0.15, 0.2) is 0 Å². The van der Waals surface area contributed by atoms with Crippen LogP contribution in [0.1, 0.15) is 23.2 Å². The number of rotatable bonds is 2. The van der Waals surface area contributed by atoms with E-state index < -0.39 is 0 Å². The molecule has 1 aliphatic heterocycles. The Morgan fingerprint density at radius 1 is 1.38 bits per heavy atom. The molecule has 0 saturated carbocycles. The second-order valence-electron chi connectivity index (χ2n) is 3.91. The summed E-state index contributed by atoms with van der Waals surface area (Å²) in [6, 6.07) is 7.51. The molecular weight excluding hydrogens is 222 g/mol. The van der Waals surface area contributed by atoms with Gasteiger partial charge in [-0.05, 0) is 31.0 Å². The maximum Gasteiger partial charge on any atom is 0.251 e. The highest BCUT2D eigenvalue weighted by molar-refractivity contribution is 7.80. The standard InChI is InChI=1S/C12H15NO2S/c14-12(9-2-1-3-11(16)8-9)13-10-4-6-15-7-5-10/h1-3,8,10,16H,4-7H2,(H,13,14). The Hall–Kier alpha value is -1.00. The third kappa shape index (κ3) is 3.00. The quantitative estimate of drug-likeness (QED) is 0.771. The van der Waals surface area contributed by atoms with Gasteiger partial charge in [-0.25, -0.2) is 0 Å². The molecule has 0 aromatic heterocycles. The summed E-state index contributed by atoms with van der Waals surface area (Å²) in [6.45, 7) is 1.47. The van der Waals surface area contributed by atoms with Crippen molar-refractivity contribution < 1.29 is 9.53 Å². The molecule has 86 valence electrons. The number of carbonyl (C=O) groups excluding carboxylic acids is 1. The number of benzene rings is 1. The molecular formula is C12H15NO2S. The fraction of sp³-hybridized carbons (Fsp3) is 0.417. The first-order valence-electron chi connectivity index (χ1n) is 5.43. The molecule has 1 N–H and O–H groups in total. The van der Waals surface area contributed by atoms with Crippen molar-refractivity contribution in [3.8, 4) is 0 Å². The molecule has 0 radical (unpaired) electrons. The van der Waals surface area contributed by atoms with Crippen molar-refractivity contribution in [2.24, 2.45) is 0 Å². The predicted octanol–water partition coefficient (Wildman–Crippen LogP) is 1.88. The molecule has 1 aliphatic rings. The third-order valence-electron chi connectivity index (χ3n) is 2.66. The Morgan fingerprint density at radius 2 is 2.12 bits per heavy atom. The van der Waals surface area contributed by atoms with Gasteiger partial charge in [-0.3, -0.25) is 4.79 Å². The number of nitrogens with one attached hydrogen (secondary N) is 1. The van der Waals surface area contributed by atoms with Crippen molar-refractivity contribution in [3.63, 3.8) is 0 Å². The summed E-state index contributed by atoms with van der Waals surface area (Å²) in [7, 11) is 0. The summed E-state index contributed by atoms with van der Waals surface area (Å²) in [5.74, 6) is -0.0252. The molecule has 1 aromatic carbocycles. The van der Waals surface area contributed by atoms with Gasteiger partial charge in [-0.2, -0.15) is 0 Å². The van der Waals surface area contributed by atoms with E-state index in [1.807, 2.05) is 12.1 Å². The Balaban J connectivity index is 1.97. The smallest absolute Gasteiger partial charge is 0.251 e. The van der Waals surface area contributed by atoms with E-state index >= 15 is 0 Å². The van der Waals surface area contributed by atoms with E-state index in [-0.39, 0.29) is 11.9 Å². The van der Waals surface area contributed by atoms with Gasteiger partial charge in [-0.15, -0.1) is 12.6 Å². The number of hydrogen-bond donors (Lipinski definition) is 2. The van der Waals surface area contributed by atoms with E-state index in [0.717, 1.165) is 31.0 Å². The molecule has 3 nitrogen and oxygen atoms in total. The molecule has 16 heavy (non-hydrogen) atoms. The number of amides is 1. The third-order valence-corrected chi connectivity index (χ3v) is 2.94. The zero-order valence-electron chi connectivity index (χ0n) is 8.98. The second kappa shape index (κ2) is 5.37. The Bertz CT molecular complexity index is 375. The van der Waals surface area contributed by atoms with Gasteiger partial charge in [0.05, 0.1) is 0 Å². The molecule has 4 heteroatoms. The summed E-state index contributed by atoms with van der Waals surface area (Å²) in [6.07, 6.45) is 1.79. The van der Waals surface area contributed by atoms with Crippen LogP contribution in [0.3, 0.4) is 0 Å². The zero-order chi connectivity index (χ0) is 11.4. The first kappa shape index (κ1) is 11.5. The zero-order valence-corrected chi connectivity index (χ0v) is 9.87. The van der Waals surface area contributed by atoms with Crippen LogP contribution < -0.4 is 5.32 Å². The lowest BCUT2D eigenvalue weighted by Gasteiger charge is -2.23. The van der Waals surface area contributed by atoms with E-state index in [4.69, 9.17) is 4.74 Å². The maximum atomic E-state index is 11.9. The molecule has 2 rings (SSSR count). The van der Waals surface area contributed by atoms with Gasteiger partial charge < -0.3 is 10.1 Å². The van der Waals surface area contributed by atoms with Crippen molar-refractivity contribution in [3.05, 3.63) is 29.8 Å². The lowest BCUT2D eigenvalue weighted by atomic mass is 10.1. The van der Waals surface area contributed by atoms with Gasteiger partial charge in [0, 0.05) is 29.7 Å². The summed E-state index contributed by atoms with van der Waals surface area (Å²) < 4.78 is 5.24. The van der Waals surface area contributed by atoms with E-state index in [2.05, 4.69) is 17.9 Å². The van der Waals surface area contributed by atoms with Crippen LogP contribution in [0.2, 0.25) is 0 Å². The van der Waals surface area contributed by atoms with Crippen LogP contribution in [0.25, 0.3) is 0 Å². The van der Waals surface area contributed by atoms with Crippen LogP contribution in [0.5, 0.6) is 0 Å². The highest BCUT2D eigenvalue weighted by Crippen LogP contribution is 2.11. The van der Waals surface area contributed by atoms with E-state index in [9.17, 15) is 4.79 Å². The Morgan fingerprint density at radius 3 is 2.81 bits per heavy atom. The number of hydrogen-bond acceptors (Lipinski definition) is 3. The largest absolute Gasteiger partial charge is 0.381 e. The van der Waals surface area contributed by atoms with Crippen molar-refractivity contribution in [2.45, 2.75) is 23.8 Å². The second-order valence-corrected chi connectivity index (χ2v) is 4.43. The van der Waals surface area contributed by atoms with Gasteiger partial charge in [0.2, 0.25) is 0 Å². The summed E-state index contributed by atoms with van der Waals surface area (Å²) >= 11 is 4.21. The SMILES string of the molecule is O=C(NC1CCOCC1)c1cccc(S)c1. The lowest BCUT2D eigenvalue weighted by molar-refractivity contribution is 0.0696. The van der Waals surface area contributed by atoms with Gasteiger partial charge in [0.25, 0.3) is 5.91 Å². The molecule has 0 spiro atoms. The maximum absolute atomic E-state index is 11.9. The molecule has 0 aliphatic carbocycles. The van der Waals surface area contributed by atoms with Crippen molar-refractivity contribution >= 4 is 18.5 Å². The molecule has 0 atom stereocenters. The highest BCUT2D eigenvalue weighted by Gasteiger charge is 2.16. The van der Waals surface area contributed by atoms with Crippen molar-refractivity contribution in [2.75, 3.05) is 13.2 Å². The van der Waals surface area contributed by atoms with Crippen LogP contribution in [0.15, 0.2) is 29.2 Å². The first-order valence-corrected chi connectivity index (χ1v) is 5.88. The van der Waals surface area contributed by atoms with Crippen molar-refractivity contribution in [1.29, 1.82) is 0 Å². The topological polar surface area (TPSA) is 38.3 Å². The minimum Gasteiger partial charge on any atom is -0.381 e. The van der Waals surface area contributed by atoms with E-state index in [0.29, 0.717) is 5.56 Å². The average molecular weight is 237 g/mol. The summed E-state index contributed by atoms with van der Waals surface area (Å²) in [5.41, 5.74) is 0.666. The first-order chi connectivity index (χ1) is 7.75. The molecule has 1 saturated heterocycles. The van der Waals surface area contributed by atoms with Gasteiger partial charge in [-0.1, -0.05) is 6.07 Å². The van der Waals surface area contributed by atoms with E-state index in [1.165, 1.54) is 0 Å². The fourth-order valence-electron chi connectivity index (χ4n) is 1.76. The van der Waals surface area contributed by atoms with Gasteiger partial charge in [0.1, 0.15) is 0 Å². The Labute approximate surface area is 101 Å². The molecule has 0 unspecified atom stereocenters. The number of carbonyl (C=O) groups is 1. The van der Waals surface area contributed by atoms with Crippen molar-refractivity contribution in [1.82, 2.24) is 5.32 Å². The monoisotopic (exact) mass is 237 g/mol. The lowest BCUT2D eigenvalue weighted by Crippen LogP contribution is -2.38. The van der Waals surface area contributed by atoms with Crippen LogP contribution in [0.4, 0.5) is 0 Å². The number of ether oxygens (including phenoxy) is 1. The molecule has 0 bridgehead atoms. The molecule has 1 heterocycles. The molecule has 1 aromatic rings. The predicted molar refractivity (Wildman–Crippen MR) is 65.0 cm³/mol. The van der Waals surface area contributed by atoms with Crippen LogP contribution in [-0.4, -0.2) is 25.2 Å².